The Labute approximate surface area is 212 Å². The molecule has 0 aliphatic heterocycles. The molecule has 1 aromatic carbocycles. The van der Waals surface area contributed by atoms with Gasteiger partial charge < -0.3 is 10.4 Å². The van der Waals surface area contributed by atoms with Gasteiger partial charge in [-0.25, -0.2) is 0 Å². The van der Waals surface area contributed by atoms with E-state index in [4.69, 9.17) is 11.6 Å². The molecule has 5 heteroatoms. The van der Waals surface area contributed by atoms with Gasteiger partial charge in [-0.1, -0.05) is 70.0 Å². The maximum absolute atomic E-state index is 13.1. The van der Waals surface area contributed by atoms with Gasteiger partial charge in [-0.3, -0.25) is 9.69 Å². The number of nitrogens with one attached hydrogen (secondary N) is 1. The van der Waals surface area contributed by atoms with E-state index in [-0.39, 0.29) is 19.9 Å². The van der Waals surface area contributed by atoms with E-state index in [2.05, 4.69) is 16.3 Å². The number of aryl methyl sites for hydroxylation is 1. The van der Waals surface area contributed by atoms with Gasteiger partial charge >= 0.3 is 0 Å². The van der Waals surface area contributed by atoms with Crippen molar-refractivity contribution in [2.24, 2.45) is 11.3 Å². The van der Waals surface area contributed by atoms with Gasteiger partial charge in [0, 0.05) is 19.1 Å². The highest BCUT2D eigenvalue weighted by molar-refractivity contribution is 6.33. The maximum atomic E-state index is 13.1. The molecule has 4 rings (SSSR count). The normalized spacial score (nSPS) is 25.1. The fourth-order valence-corrected chi connectivity index (χ4v) is 7.08. The van der Waals surface area contributed by atoms with E-state index < -0.39 is 0 Å². The predicted molar refractivity (Wildman–Crippen MR) is 141 cm³/mol. The first-order valence-electron chi connectivity index (χ1n) is 13.5. The average Bonchev–Trinajstić information content (AvgIpc) is 2.84. The van der Waals surface area contributed by atoms with Crippen LogP contribution in [-0.2, 0) is 6.42 Å². The van der Waals surface area contributed by atoms with Crippen molar-refractivity contribution in [2.45, 2.75) is 95.9 Å². The number of aliphatic hydroxyl groups is 1. The SMILES string of the molecule is O=C(NCC12CCCC(CCC1)C2)c1cc(CCCN(CCO)C2CCCCC2)ccc1Cl.[CH2]. The van der Waals surface area contributed by atoms with Crippen LogP contribution in [-0.4, -0.2) is 48.2 Å². The standard InChI is InChI=1S/C28H43ClN2O2.CH2/c29-26-13-12-22(9-6-16-31(17-18-32)24-10-2-1-3-11-24)19-25(26)27(33)30-21-28-14-4-7-23(20-28)8-5-15-28;/h12-13,19,23-24,32H,1-11,14-18,20-21H2,(H,30,33);1H2. The van der Waals surface area contributed by atoms with Crippen LogP contribution >= 0.6 is 11.6 Å². The Balaban J connectivity index is 0.00000324. The summed E-state index contributed by atoms with van der Waals surface area (Å²) in [5.74, 6) is 0.850. The Hall–Kier alpha value is -1.10. The van der Waals surface area contributed by atoms with E-state index in [9.17, 15) is 9.90 Å². The number of carbonyl (C=O) groups is 1. The Morgan fingerprint density at radius 1 is 1.06 bits per heavy atom. The van der Waals surface area contributed by atoms with Crippen LogP contribution in [0.1, 0.15) is 99.4 Å². The van der Waals surface area contributed by atoms with E-state index in [1.54, 1.807) is 0 Å². The number of amides is 1. The molecule has 3 saturated carbocycles. The first-order valence-corrected chi connectivity index (χ1v) is 13.9. The quantitative estimate of drug-likeness (QED) is 0.405. The summed E-state index contributed by atoms with van der Waals surface area (Å²) in [6.07, 6.45) is 17.6. The average molecular weight is 489 g/mol. The summed E-state index contributed by atoms with van der Waals surface area (Å²) in [6.45, 7) is 2.78. The van der Waals surface area contributed by atoms with Gasteiger partial charge in [-0.2, -0.15) is 0 Å². The molecule has 0 heterocycles. The van der Waals surface area contributed by atoms with Crippen LogP contribution in [0.3, 0.4) is 0 Å². The molecule has 0 atom stereocenters. The molecule has 3 fully saturated rings. The molecule has 1 aromatic rings. The summed E-state index contributed by atoms with van der Waals surface area (Å²) in [5, 5.41) is 13.3. The van der Waals surface area contributed by atoms with E-state index in [0.717, 1.165) is 38.4 Å². The molecular weight excluding hydrogens is 444 g/mol. The summed E-state index contributed by atoms with van der Waals surface area (Å²) in [5.41, 5.74) is 2.11. The van der Waals surface area contributed by atoms with Crippen molar-refractivity contribution < 1.29 is 9.90 Å². The minimum Gasteiger partial charge on any atom is -0.395 e. The number of hydrogen-bond donors (Lipinski definition) is 2. The van der Waals surface area contributed by atoms with Crippen molar-refractivity contribution in [2.75, 3.05) is 26.2 Å². The highest BCUT2D eigenvalue weighted by atomic mass is 35.5. The lowest BCUT2D eigenvalue weighted by Gasteiger charge is -2.45. The van der Waals surface area contributed by atoms with Crippen molar-refractivity contribution in [3.05, 3.63) is 41.8 Å². The Morgan fingerprint density at radius 3 is 2.50 bits per heavy atom. The minimum atomic E-state index is -0.0203. The number of fused-ring (bicyclic) bond motifs is 2. The maximum Gasteiger partial charge on any atom is 0.252 e. The second-order valence-electron chi connectivity index (χ2n) is 11.0. The first-order chi connectivity index (χ1) is 16.1. The highest BCUT2D eigenvalue weighted by Crippen LogP contribution is 2.48. The molecule has 3 aliphatic carbocycles. The van der Waals surface area contributed by atoms with E-state index >= 15 is 0 Å². The molecule has 0 spiro atoms. The van der Waals surface area contributed by atoms with E-state index in [1.807, 2.05) is 12.1 Å². The number of halogens is 1. The number of carbonyl (C=O) groups excluding carboxylic acids is 1. The lowest BCUT2D eigenvalue weighted by atomic mass is 9.62. The fourth-order valence-electron chi connectivity index (χ4n) is 6.87. The molecule has 190 valence electrons. The molecule has 0 saturated heterocycles. The minimum absolute atomic E-state index is 0. The molecule has 2 radical (unpaired) electrons. The Bertz CT molecular complexity index is 767. The molecular formula is C29H45ClN2O2. The number of benzene rings is 1. The largest absolute Gasteiger partial charge is 0.395 e. The number of hydrogen-bond acceptors (Lipinski definition) is 3. The molecule has 1 amide bonds. The van der Waals surface area contributed by atoms with Crippen LogP contribution < -0.4 is 5.32 Å². The van der Waals surface area contributed by atoms with Gasteiger partial charge in [0.2, 0.25) is 0 Å². The first kappa shape index (κ1) is 27.5. The summed E-state index contributed by atoms with van der Waals surface area (Å²) in [7, 11) is 0. The Morgan fingerprint density at radius 2 is 1.79 bits per heavy atom. The summed E-state index contributed by atoms with van der Waals surface area (Å²) in [6, 6.07) is 6.56. The Kier molecular flexibility index (Phi) is 10.7. The zero-order valence-corrected chi connectivity index (χ0v) is 21.8. The van der Waals surface area contributed by atoms with Crippen LogP contribution in [0.4, 0.5) is 0 Å². The van der Waals surface area contributed by atoms with Crippen LogP contribution in [0.25, 0.3) is 0 Å². The highest BCUT2D eigenvalue weighted by Gasteiger charge is 2.39. The third-order valence-corrected chi connectivity index (χ3v) is 8.98. The van der Waals surface area contributed by atoms with E-state index in [0.29, 0.717) is 22.0 Å². The second kappa shape index (κ2) is 13.3. The smallest absolute Gasteiger partial charge is 0.252 e. The van der Waals surface area contributed by atoms with Crippen LogP contribution in [0.15, 0.2) is 18.2 Å². The van der Waals surface area contributed by atoms with Crippen molar-refractivity contribution in [3.63, 3.8) is 0 Å². The molecule has 3 aliphatic rings. The van der Waals surface area contributed by atoms with E-state index in [1.165, 1.54) is 82.6 Å². The third-order valence-electron chi connectivity index (χ3n) is 8.65. The van der Waals surface area contributed by atoms with Crippen molar-refractivity contribution in [1.82, 2.24) is 10.2 Å². The van der Waals surface area contributed by atoms with Gasteiger partial charge in [-0.05, 0) is 80.5 Å². The van der Waals surface area contributed by atoms with Gasteiger partial charge in [0.1, 0.15) is 0 Å². The topological polar surface area (TPSA) is 52.6 Å². The molecule has 4 nitrogen and oxygen atoms in total. The van der Waals surface area contributed by atoms with Crippen molar-refractivity contribution in [3.8, 4) is 0 Å². The fraction of sp³-hybridized carbons (Fsp3) is 0.724. The molecule has 0 aromatic heterocycles. The lowest BCUT2D eigenvalue weighted by molar-refractivity contribution is 0.0681. The van der Waals surface area contributed by atoms with Crippen LogP contribution in [0.5, 0.6) is 0 Å². The van der Waals surface area contributed by atoms with Crippen LogP contribution in [0.2, 0.25) is 5.02 Å². The molecule has 0 unspecified atom stereocenters. The third kappa shape index (κ3) is 7.21. The number of aliphatic hydroxyl groups excluding tert-OH is 1. The van der Waals surface area contributed by atoms with Crippen molar-refractivity contribution >= 4 is 17.5 Å². The zero-order chi connectivity index (χ0) is 23.1. The zero-order valence-electron chi connectivity index (χ0n) is 21.0. The number of nitrogens with zero attached hydrogens (tertiary/aromatic N) is 1. The van der Waals surface area contributed by atoms with Gasteiger partial charge in [0.15, 0.2) is 0 Å². The van der Waals surface area contributed by atoms with Gasteiger partial charge in [-0.15, -0.1) is 0 Å². The second-order valence-corrected chi connectivity index (χ2v) is 11.4. The van der Waals surface area contributed by atoms with Gasteiger partial charge in [0.05, 0.1) is 17.2 Å². The molecule has 2 N–H and O–H groups in total. The van der Waals surface area contributed by atoms with Crippen molar-refractivity contribution in [1.29, 1.82) is 0 Å². The summed E-state index contributed by atoms with van der Waals surface area (Å²) < 4.78 is 0. The van der Waals surface area contributed by atoms with Crippen LogP contribution in [0, 0.1) is 18.8 Å². The predicted octanol–water partition coefficient (Wildman–Crippen LogP) is 6.32. The summed E-state index contributed by atoms with van der Waals surface area (Å²) in [4.78, 5) is 15.5. The summed E-state index contributed by atoms with van der Waals surface area (Å²) >= 11 is 6.45. The number of rotatable bonds is 10. The molecule has 34 heavy (non-hydrogen) atoms. The monoisotopic (exact) mass is 488 g/mol. The molecule has 2 bridgehead atoms. The van der Waals surface area contributed by atoms with Gasteiger partial charge in [0.25, 0.3) is 5.91 Å². The lowest BCUT2D eigenvalue weighted by Crippen LogP contribution is -2.43.